The van der Waals surface area contributed by atoms with Gasteiger partial charge in [0.1, 0.15) is 11.6 Å². The number of carbonyl (C=O) groups is 2. The van der Waals surface area contributed by atoms with Gasteiger partial charge in [-0.15, -0.1) is 11.3 Å². The molecule has 4 rings (SSSR count). The second-order valence-electron chi connectivity index (χ2n) is 6.41. The van der Waals surface area contributed by atoms with Crippen LogP contribution in [0.15, 0.2) is 57.4 Å². The van der Waals surface area contributed by atoms with Gasteiger partial charge in [0.2, 0.25) is 0 Å². The molecular weight excluding hydrogens is 397 g/mol. The van der Waals surface area contributed by atoms with Crippen LogP contribution in [0.2, 0.25) is 0 Å². The first kappa shape index (κ1) is 19.3. The van der Waals surface area contributed by atoms with E-state index < -0.39 is 11.7 Å². The quantitative estimate of drug-likeness (QED) is 0.656. The van der Waals surface area contributed by atoms with Crippen molar-refractivity contribution in [3.8, 4) is 0 Å². The maximum atomic E-state index is 13.0. The minimum Gasteiger partial charge on any atom is -0.454 e. The van der Waals surface area contributed by atoms with Gasteiger partial charge in [0, 0.05) is 30.2 Å². The highest BCUT2D eigenvalue weighted by Gasteiger charge is 2.21. The Balaban J connectivity index is 1.49. The summed E-state index contributed by atoms with van der Waals surface area (Å²) in [7, 11) is 0. The van der Waals surface area contributed by atoms with Crippen molar-refractivity contribution in [2.45, 2.75) is 6.54 Å². The van der Waals surface area contributed by atoms with E-state index in [1.165, 1.54) is 35.6 Å². The van der Waals surface area contributed by atoms with Crippen molar-refractivity contribution in [3.63, 3.8) is 0 Å². The molecule has 1 aromatic carbocycles. The first-order chi connectivity index (χ1) is 14.1. The second kappa shape index (κ2) is 8.54. The summed E-state index contributed by atoms with van der Waals surface area (Å²) in [6.07, 6.45) is 1.79. The lowest BCUT2D eigenvalue weighted by molar-refractivity contribution is 0.0281. The fourth-order valence-corrected chi connectivity index (χ4v) is 3.64. The van der Waals surface area contributed by atoms with E-state index in [9.17, 15) is 14.0 Å². The van der Waals surface area contributed by atoms with E-state index in [1.54, 1.807) is 33.2 Å². The summed E-state index contributed by atoms with van der Waals surface area (Å²) in [5, 5.41) is 1.81. The van der Waals surface area contributed by atoms with E-state index in [0.717, 1.165) is 0 Å². The molecule has 2 aromatic heterocycles. The van der Waals surface area contributed by atoms with Crippen molar-refractivity contribution in [1.29, 1.82) is 0 Å². The number of amides is 2. The van der Waals surface area contributed by atoms with Gasteiger partial charge in [-0.05, 0) is 36.4 Å². The number of morpholine rings is 1. The minimum atomic E-state index is -0.455. The number of furan rings is 1. The molecule has 3 aromatic rings. The van der Waals surface area contributed by atoms with Gasteiger partial charge in [0.15, 0.2) is 10.6 Å². The molecule has 0 spiro atoms. The Labute approximate surface area is 169 Å². The lowest BCUT2D eigenvalue weighted by Gasteiger charge is -2.25. The first-order valence-corrected chi connectivity index (χ1v) is 9.92. The molecule has 0 atom stereocenters. The number of aromatic nitrogens is 1. The zero-order valence-electron chi connectivity index (χ0n) is 15.4. The third-order valence-corrected chi connectivity index (χ3v) is 5.24. The summed E-state index contributed by atoms with van der Waals surface area (Å²) in [5.41, 5.74) is 0.308. The monoisotopic (exact) mass is 415 g/mol. The smallest absolute Gasteiger partial charge is 0.289 e. The topological polar surface area (TPSA) is 77.0 Å². The number of rotatable bonds is 4. The van der Waals surface area contributed by atoms with Crippen molar-refractivity contribution < 1.29 is 23.1 Å². The van der Waals surface area contributed by atoms with Crippen LogP contribution in [0.25, 0.3) is 0 Å². The fourth-order valence-electron chi connectivity index (χ4n) is 2.92. The third-order valence-electron chi connectivity index (χ3n) is 4.45. The Bertz CT molecular complexity index is 1080. The number of thiazole rings is 1. The summed E-state index contributed by atoms with van der Waals surface area (Å²) in [6.45, 7) is 2.47. The van der Waals surface area contributed by atoms with E-state index >= 15 is 0 Å². The van der Waals surface area contributed by atoms with E-state index in [-0.39, 0.29) is 11.7 Å². The van der Waals surface area contributed by atoms with Gasteiger partial charge < -0.3 is 18.6 Å². The van der Waals surface area contributed by atoms with Crippen LogP contribution in [0.4, 0.5) is 4.39 Å². The average Bonchev–Trinajstić information content (AvgIpc) is 3.39. The van der Waals surface area contributed by atoms with E-state index in [4.69, 9.17) is 9.15 Å². The normalized spacial score (nSPS) is 14.9. The van der Waals surface area contributed by atoms with Crippen LogP contribution in [0, 0.1) is 5.82 Å². The molecule has 150 valence electrons. The van der Waals surface area contributed by atoms with Crippen molar-refractivity contribution in [2.75, 3.05) is 26.3 Å². The van der Waals surface area contributed by atoms with Gasteiger partial charge in [-0.25, -0.2) is 4.39 Å². The SMILES string of the molecule is O=C(N=c1sccn1Cc1ccc(C(=O)N2CCOCC2)o1)c1ccc(F)cc1. The average molecular weight is 415 g/mol. The molecular formula is C20H18FN3O4S. The molecule has 0 radical (unpaired) electrons. The zero-order valence-corrected chi connectivity index (χ0v) is 16.2. The molecule has 1 fully saturated rings. The standard InChI is InChI=1S/C20H18FN3O4S/c21-15-3-1-14(2-4-15)18(25)22-20-24(9-12-29-20)13-16-5-6-17(28-16)19(26)23-7-10-27-11-8-23/h1-6,9,12H,7-8,10-11,13H2. The molecule has 1 aliphatic heterocycles. The Morgan fingerprint density at radius 1 is 1.10 bits per heavy atom. The summed E-state index contributed by atoms with van der Waals surface area (Å²) < 4.78 is 25.8. The molecule has 2 amide bonds. The molecule has 1 saturated heterocycles. The fraction of sp³-hybridized carbons (Fsp3) is 0.250. The Hall–Kier alpha value is -3.04. The summed E-state index contributed by atoms with van der Waals surface area (Å²) in [5.74, 6) is -0.169. The predicted molar refractivity (Wildman–Crippen MR) is 103 cm³/mol. The molecule has 0 aliphatic carbocycles. The van der Waals surface area contributed by atoms with Crippen molar-refractivity contribution in [2.24, 2.45) is 4.99 Å². The first-order valence-electron chi connectivity index (χ1n) is 9.04. The third kappa shape index (κ3) is 4.52. The lowest BCUT2D eigenvalue weighted by atomic mass is 10.2. The highest BCUT2D eigenvalue weighted by atomic mass is 32.1. The van der Waals surface area contributed by atoms with E-state index in [1.807, 2.05) is 0 Å². The van der Waals surface area contributed by atoms with Crippen LogP contribution < -0.4 is 4.80 Å². The lowest BCUT2D eigenvalue weighted by Crippen LogP contribution is -2.40. The van der Waals surface area contributed by atoms with Crippen LogP contribution in [0.5, 0.6) is 0 Å². The molecule has 9 heteroatoms. The molecule has 0 N–H and O–H groups in total. The van der Waals surface area contributed by atoms with Crippen LogP contribution in [-0.4, -0.2) is 47.6 Å². The van der Waals surface area contributed by atoms with Crippen LogP contribution >= 0.6 is 11.3 Å². The molecule has 29 heavy (non-hydrogen) atoms. The number of hydrogen-bond acceptors (Lipinski definition) is 5. The molecule has 1 aliphatic rings. The van der Waals surface area contributed by atoms with E-state index in [0.29, 0.717) is 49.0 Å². The van der Waals surface area contributed by atoms with Crippen molar-refractivity contribution >= 4 is 23.2 Å². The largest absolute Gasteiger partial charge is 0.454 e. The van der Waals surface area contributed by atoms with Gasteiger partial charge in [-0.1, -0.05) is 0 Å². The van der Waals surface area contributed by atoms with Gasteiger partial charge in [-0.3, -0.25) is 9.59 Å². The van der Waals surface area contributed by atoms with Gasteiger partial charge in [0.05, 0.1) is 19.8 Å². The van der Waals surface area contributed by atoms with Gasteiger partial charge in [0.25, 0.3) is 11.8 Å². The summed E-state index contributed by atoms with van der Waals surface area (Å²) in [6, 6.07) is 8.64. The number of benzene rings is 1. The number of nitrogens with zero attached hydrogens (tertiary/aromatic N) is 3. The van der Waals surface area contributed by atoms with Gasteiger partial charge in [-0.2, -0.15) is 4.99 Å². The highest BCUT2D eigenvalue weighted by Crippen LogP contribution is 2.13. The number of carbonyl (C=O) groups excluding carboxylic acids is 2. The number of halogens is 1. The second-order valence-corrected chi connectivity index (χ2v) is 7.28. The summed E-state index contributed by atoms with van der Waals surface area (Å²) in [4.78, 5) is 31.1. The number of ether oxygens (including phenoxy) is 1. The van der Waals surface area contributed by atoms with Crippen LogP contribution in [0.1, 0.15) is 26.7 Å². The predicted octanol–water partition coefficient (Wildman–Crippen LogP) is 2.54. The van der Waals surface area contributed by atoms with E-state index in [2.05, 4.69) is 4.99 Å². The highest BCUT2D eigenvalue weighted by molar-refractivity contribution is 7.07. The van der Waals surface area contributed by atoms with Crippen molar-refractivity contribution in [3.05, 3.63) is 75.7 Å². The molecule has 0 unspecified atom stereocenters. The molecule has 3 heterocycles. The summed E-state index contributed by atoms with van der Waals surface area (Å²) >= 11 is 1.30. The molecule has 0 bridgehead atoms. The Kier molecular flexibility index (Phi) is 5.68. The Morgan fingerprint density at radius 2 is 1.86 bits per heavy atom. The van der Waals surface area contributed by atoms with Crippen molar-refractivity contribution in [1.82, 2.24) is 9.47 Å². The van der Waals surface area contributed by atoms with Gasteiger partial charge >= 0.3 is 0 Å². The maximum Gasteiger partial charge on any atom is 0.289 e. The minimum absolute atomic E-state index is 0.161. The number of hydrogen-bond donors (Lipinski definition) is 0. The Morgan fingerprint density at radius 3 is 2.62 bits per heavy atom. The molecule has 0 saturated carbocycles. The zero-order chi connectivity index (χ0) is 20.2. The van der Waals surface area contributed by atoms with Crippen LogP contribution in [0.3, 0.4) is 0 Å². The van der Waals surface area contributed by atoms with Crippen LogP contribution in [-0.2, 0) is 11.3 Å². The maximum absolute atomic E-state index is 13.0. The molecule has 7 nitrogen and oxygen atoms in total.